The molecule has 4 nitrogen and oxygen atoms in total. The highest BCUT2D eigenvalue weighted by molar-refractivity contribution is 5.69. The van der Waals surface area contributed by atoms with Gasteiger partial charge in [-0.15, -0.1) is 0 Å². The number of nitrogens with one attached hydrogen (secondary N) is 1. The molecule has 1 aliphatic heterocycles. The molecule has 4 heteroatoms. The van der Waals surface area contributed by atoms with E-state index in [9.17, 15) is 4.79 Å². The van der Waals surface area contributed by atoms with Crippen LogP contribution in [0.5, 0.6) is 0 Å². The number of carboxylic acids is 1. The summed E-state index contributed by atoms with van der Waals surface area (Å²) in [5.74, 6) is -0.279. The number of hydrogen-bond donors (Lipinski definition) is 2. The first-order valence-corrected chi connectivity index (χ1v) is 5.60. The summed E-state index contributed by atoms with van der Waals surface area (Å²) in [4.78, 5) is 10.5. The standard InChI is InChI=1S/C11H19NO3/c1-11(2)9(12-6-8(13)14)7-4-3-5-15-10(7)11/h7,9-10,12H,3-6H2,1-2H3,(H,13,14). The van der Waals surface area contributed by atoms with Gasteiger partial charge < -0.3 is 15.2 Å². The largest absolute Gasteiger partial charge is 0.480 e. The van der Waals surface area contributed by atoms with Gasteiger partial charge in [0.05, 0.1) is 12.6 Å². The van der Waals surface area contributed by atoms with Gasteiger partial charge in [0, 0.05) is 24.0 Å². The summed E-state index contributed by atoms with van der Waals surface area (Å²) in [6.07, 6.45) is 2.57. The fourth-order valence-corrected chi connectivity index (χ4v) is 3.13. The normalized spacial score (nSPS) is 37.9. The zero-order valence-corrected chi connectivity index (χ0v) is 9.32. The number of hydrogen-bond acceptors (Lipinski definition) is 3. The van der Waals surface area contributed by atoms with Crippen LogP contribution in [0.25, 0.3) is 0 Å². The molecule has 1 heterocycles. The van der Waals surface area contributed by atoms with Crippen LogP contribution >= 0.6 is 0 Å². The van der Waals surface area contributed by atoms with Gasteiger partial charge in [0.25, 0.3) is 0 Å². The van der Waals surface area contributed by atoms with Crippen LogP contribution in [0.4, 0.5) is 0 Å². The fourth-order valence-electron chi connectivity index (χ4n) is 3.13. The molecule has 15 heavy (non-hydrogen) atoms. The summed E-state index contributed by atoms with van der Waals surface area (Å²) >= 11 is 0. The van der Waals surface area contributed by atoms with Crippen LogP contribution in [-0.4, -0.2) is 36.4 Å². The lowest BCUT2D eigenvalue weighted by molar-refractivity contribution is -0.193. The van der Waals surface area contributed by atoms with Crippen molar-refractivity contribution in [1.29, 1.82) is 0 Å². The third-order valence-corrected chi connectivity index (χ3v) is 3.80. The predicted molar refractivity (Wildman–Crippen MR) is 55.7 cm³/mol. The highest BCUT2D eigenvalue weighted by Crippen LogP contribution is 2.51. The van der Waals surface area contributed by atoms with Crippen molar-refractivity contribution in [2.45, 2.75) is 38.8 Å². The highest BCUT2D eigenvalue weighted by atomic mass is 16.5. The Balaban J connectivity index is 1.96. The van der Waals surface area contributed by atoms with Gasteiger partial charge in [-0.1, -0.05) is 13.8 Å². The van der Waals surface area contributed by atoms with Crippen molar-refractivity contribution in [1.82, 2.24) is 5.32 Å². The second-order valence-corrected chi connectivity index (χ2v) is 5.17. The van der Waals surface area contributed by atoms with Crippen molar-refractivity contribution in [3.63, 3.8) is 0 Å². The number of fused-ring (bicyclic) bond motifs is 1. The molecule has 3 atom stereocenters. The van der Waals surface area contributed by atoms with Gasteiger partial charge in [-0.05, 0) is 12.8 Å². The minimum atomic E-state index is -0.786. The van der Waals surface area contributed by atoms with Crippen molar-refractivity contribution < 1.29 is 14.6 Å². The van der Waals surface area contributed by atoms with Crippen LogP contribution in [0.3, 0.4) is 0 Å². The lowest BCUT2D eigenvalue weighted by Crippen LogP contribution is -2.69. The minimum Gasteiger partial charge on any atom is -0.480 e. The maximum Gasteiger partial charge on any atom is 0.317 e. The molecular formula is C11H19NO3. The average molecular weight is 213 g/mol. The molecule has 0 aromatic heterocycles. The van der Waals surface area contributed by atoms with Crippen molar-refractivity contribution in [3.8, 4) is 0 Å². The van der Waals surface area contributed by atoms with Crippen molar-refractivity contribution in [2.24, 2.45) is 11.3 Å². The van der Waals surface area contributed by atoms with Gasteiger partial charge in [0.2, 0.25) is 0 Å². The van der Waals surface area contributed by atoms with Crippen LogP contribution in [0.1, 0.15) is 26.7 Å². The van der Waals surface area contributed by atoms with E-state index >= 15 is 0 Å². The van der Waals surface area contributed by atoms with E-state index in [1.807, 2.05) is 0 Å². The Morgan fingerprint density at radius 3 is 3.00 bits per heavy atom. The Bertz CT molecular complexity index is 265. The number of carboxylic acid groups (broad SMARTS) is 1. The van der Waals surface area contributed by atoms with Crippen LogP contribution in [0.2, 0.25) is 0 Å². The Hall–Kier alpha value is -0.610. The van der Waals surface area contributed by atoms with E-state index in [4.69, 9.17) is 9.84 Å². The summed E-state index contributed by atoms with van der Waals surface area (Å²) in [5, 5.41) is 11.8. The smallest absolute Gasteiger partial charge is 0.317 e. The van der Waals surface area contributed by atoms with Crippen molar-refractivity contribution >= 4 is 5.97 Å². The summed E-state index contributed by atoms with van der Waals surface area (Å²) in [6, 6.07) is 0.291. The first-order valence-electron chi connectivity index (χ1n) is 5.60. The molecule has 2 fully saturated rings. The van der Waals surface area contributed by atoms with Gasteiger partial charge >= 0.3 is 5.97 Å². The van der Waals surface area contributed by atoms with E-state index in [0.29, 0.717) is 18.1 Å². The maximum atomic E-state index is 10.5. The summed E-state index contributed by atoms with van der Waals surface area (Å²) in [7, 11) is 0. The average Bonchev–Trinajstić information content (AvgIpc) is 2.17. The van der Waals surface area contributed by atoms with Crippen LogP contribution in [0.15, 0.2) is 0 Å². The Labute approximate surface area is 90.0 Å². The Morgan fingerprint density at radius 1 is 1.60 bits per heavy atom. The SMILES string of the molecule is CC1(C)C(NCC(=O)O)C2CCCOC21. The van der Waals surface area contributed by atoms with Crippen LogP contribution in [-0.2, 0) is 9.53 Å². The molecule has 86 valence electrons. The molecule has 0 amide bonds. The monoisotopic (exact) mass is 213 g/mol. The zero-order chi connectivity index (χ0) is 11.1. The molecule has 3 unspecified atom stereocenters. The number of aliphatic carboxylic acids is 1. The predicted octanol–water partition coefficient (Wildman–Crippen LogP) is 0.864. The third kappa shape index (κ3) is 1.76. The second kappa shape index (κ2) is 3.76. The number of rotatable bonds is 3. The van der Waals surface area contributed by atoms with Crippen LogP contribution < -0.4 is 5.32 Å². The molecule has 0 bridgehead atoms. The molecule has 0 radical (unpaired) electrons. The van der Waals surface area contributed by atoms with Crippen molar-refractivity contribution in [3.05, 3.63) is 0 Å². The Morgan fingerprint density at radius 2 is 2.33 bits per heavy atom. The molecule has 0 aromatic carbocycles. The summed E-state index contributed by atoms with van der Waals surface area (Å²) in [6.45, 7) is 5.21. The van der Waals surface area contributed by atoms with Crippen LogP contribution in [0, 0.1) is 11.3 Å². The van der Waals surface area contributed by atoms with Gasteiger partial charge in [-0.25, -0.2) is 0 Å². The van der Waals surface area contributed by atoms with E-state index in [1.54, 1.807) is 0 Å². The van der Waals surface area contributed by atoms with E-state index in [-0.39, 0.29) is 12.0 Å². The lowest BCUT2D eigenvalue weighted by atomic mass is 9.55. The van der Waals surface area contributed by atoms with E-state index in [2.05, 4.69) is 19.2 Å². The zero-order valence-electron chi connectivity index (χ0n) is 9.32. The quantitative estimate of drug-likeness (QED) is 0.730. The van der Waals surface area contributed by atoms with E-state index in [1.165, 1.54) is 0 Å². The molecule has 2 rings (SSSR count). The van der Waals surface area contributed by atoms with Crippen molar-refractivity contribution in [2.75, 3.05) is 13.2 Å². The number of carbonyl (C=O) groups is 1. The number of ether oxygens (including phenoxy) is 1. The van der Waals surface area contributed by atoms with E-state index < -0.39 is 5.97 Å². The van der Waals surface area contributed by atoms with Gasteiger partial charge in [0.15, 0.2) is 0 Å². The summed E-state index contributed by atoms with van der Waals surface area (Å²) in [5.41, 5.74) is 0.0700. The fraction of sp³-hybridized carbons (Fsp3) is 0.909. The molecule has 1 saturated carbocycles. The molecule has 2 N–H and O–H groups in total. The maximum absolute atomic E-state index is 10.5. The minimum absolute atomic E-state index is 0.0529. The molecule has 0 aromatic rings. The van der Waals surface area contributed by atoms with Gasteiger partial charge in [-0.2, -0.15) is 0 Å². The van der Waals surface area contributed by atoms with E-state index in [0.717, 1.165) is 19.4 Å². The Kier molecular flexibility index (Phi) is 2.73. The molecular weight excluding hydrogens is 194 g/mol. The molecule has 2 aliphatic rings. The molecule has 1 aliphatic carbocycles. The molecule has 1 saturated heterocycles. The molecule has 0 spiro atoms. The van der Waals surface area contributed by atoms with Gasteiger partial charge in [-0.3, -0.25) is 4.79 Å². The second-order valence-electron chi connectivity index (χ2n) is 5.17. The summed E-state index contributed by atoms with van der Waals surface area (Å²) < 4.78 is 5.74. The highest BCUT2D eigenvalue weighted by Gasteiger charge is 2.57. The first-order chi connectivity index (χ1) is 7.03. The first kappa shape index (κ1) is 10.9. The third-order valence-electron chi connectivity index (χ3n) is 3.80. The topological polar surface area (TPSA) is 58.6 Å². The van der Waals surface area contributed by atoms with Gasteiger partial charge in [0.1, 0.15) is 0 Å². The lowest BCUT2D eigenvalue weighted by Gasteiger charge is -2.60.